The number of benzene rings is 1. The first-order valence-electron chi connectivity index (χ1n) is 8.00. The number of amides is 2. The van der Waals surface area contributed by atoms with E-state index in [0.717, 1.165) is 0 Å². The average molecular weight is 386 g/mol. The van der Waals surface area contributed by atoms with Gasteiger partial charge in [0, 0.05) is 23.8 Å². The number of nitrogens with one attached hydrogen (secondary N) is 1. The first-order chi connectivity index (χ1) is 12.7. The fourth-order valence-corrected chi connectivity index (χ4v) is 2.68. The van der Waals surface area contributed by atoms with Crippen LogP contribution in [0.3, 0.4) is 0 Å². The van der Waals surface area contributed by atoms with E-state index in [2.05, 4.69) is 11.9 Å². The van der Waals surface area contributed by atoms with Crippen LogP contribution in [0.4, 0.5) is 0 Å². The SMILES string of the molecule is C=C(/C=C(\C(C)=C/N)c1cc(C(N)=O)c(-c2ccccc2Cl)o1)NC(C)=O. The quantitative estimate of drug-likeness (QED) is 0.659. The highest BCUT2D eigenvalue weighted by Gasteiger charge is 2.21. The first kappa shape index (κ1) is 20.1. The molecule has 2 amide bonds. The van der Waals surface area contributed by atoms with E-state index in [1.165, 1.54) is 19.2 Å². The van der Waals surface area contributed by atoms with Crippen LogP contribution >= 0.6 is 11.6 Å². The second kappa shape index (κ2) is 8.42. The van der Waals surface area contributed by atoms with Gasteiger partial charge in [0.25, 0.3) is 5.91 Å². The average Bonchev–Trinajstić information content (AvgIpc) is 3.04. The number of halogens is 1. The number of rotatable bonds is 6. The van der Waals surface area contributed by atoms with Gasteiger partial charge in [-0.1, -0.05) is 30.3 Å². The number of allylic oxidation sites excluding steroid dienone is 3. The van der Waals surface area contributed by atoms with Gasteiger partial charge in [-0.15, -0.1) is 0 Å². The van der Waals surface area contributed by atoms with Crippen molar-refractivity contribution in [1.29, 1.82) is 0 Å². The van der Waals surface area contributed by atoms with Crippen LogP contribution in [-0.2, 0) is 4.79 Å². The Kier molecular flexibility index (Phi) is 6.26. The molecule has 0 unspecified atom stereocenters. The van der Waals surface area contributed by atoms with E-state index in [0.29, 0.717) is 33.2 Å². The monoisotopic (exact) mass is 385 g/mol. The molecule has 0 aliphatic carbocycles. The molecule has 0 aliphatic rings. The standard InChI is InChI=1S/C20H20ClN3O3/c1-11(10-22)15(8-12(2)24-13(3)25)18-9-16(20(23)26)19(27-18)14-6-4-5-7-17(14)21/h4-10H,2,22H2,1,3H3,(H2,23,26)(H,24,25)/b11-10-,15-8+. The molecule has 1 aromatic carbocycles. The lowest BCUT2D eigenvalue weighted by Gasteiger charge is -2.07. The number of hydrogen-bond acceptors (Lipinski definition) is 4. The number of furan rings is 1. The van der Waals surface area contributed by atoms with Crippen molar-refractivity contribution in [3.63, 3.8) is 0 Å². The summed E-state index contributed by atoms with van der Waals surface area (Å²) in [5.41, 5.74) is 13.4. The molecule has 0 bridgehead atoms. The van der Waals surface area contributed by atoms with Crippen molar-refractivity contribution in [2.24, 2.45) is 11.5 Å². The summed E-state index contributed by atoms with van der Waals surface area (Å²) in [5, 5.41) is 2.99. The van der Waals surface area contributed by atoms with E-state index < -0.39 is 5.91 Å². The van der Waals surface area contributed by atoms with Gasteiger partial charge in [-0.25, -0.2) is 0 Å². The third kappa shape index (κ3) is 4.68. The second-order valence-corrected chi connectivity index (χ2v) is 6.22. The van der Waals surface area contributed by atoms with Crippen molar-refractivity contribution in [2.75, 3.05) is 0 Å². The molecule has 27 heavy (non-hydrogen) atoms. The summed E-state index contributed by atoms with van der Waals surface area (Å²) >= 11 is 6.24. The topological polar surface area (TPSA) is 111 Å². The lowest BCUT2D eigenvalue weighted by molar-refractivity contribution is -0.118. The van der Waals surface area contributed by atoms with Crippen molar-refractivity contribution in [3.05, 3.63) is 76.8 Å². The predicted octanol–water partition coefficient (Wildman–Crippen LogP) is 3.59. The molecule has 1 heterocycles. The van der Waals surface area contributed by atoms with E-state index in [9.17, 15) is 9.59 Å². The molecule has 2 rings (SSSR count). The van der Waals surface area contributed by atoms with Gasteiger partial charge < -0.3 is 21.2 Å². The van der Waals surface area contributed by atoms with Crippen molar-refractivity contribution >= 4 is 29.0 Å². The summed E-state index contributed by atoms with van der Waals surface area (Å²) < 4.78 is 5.93. The van der Waals surface area contributed by atoms with Crippen LogP contribution in [0.2, 0.25) is 5.02 Å². The van der Waals surface area contributed by atoms with Gasteiger partial charge in [0.15, 0.2) is 0 Å². The molecule has 140 valence electrons. The van der Waals surface area contributed by atoms with Gasteiger partial charge in [0.05, 0.1) is 10.6 Å². The summed E-state index contributed by atoms with van der Waals surface area (Å²) in [4.78, 5) is 23.2. The maximum Gasteiger partial charge on any atom is 0.252 e. The zero-order valence-corrected chi connectivity index (χ0v) is 15.8. The third-order valence-electron chi connectivity index (χ3n) is 3.71. The van der Waals surface area contributed by atoms with Gasteiger partial charge in [-0.3, -0.25) is 9.59 Å². The number of primary amides is 1. The van der Waals surface area contributed by atoms with Crippen LogP contribution in [0, 0.1) is 0 Å². The van der Waals surface area contributed by atoms with E-state index in [-0.39, 0.29) is 17.2 Å². The molecule has 0 radical (unpaired) electrons. The molecule has 0 aliphatic heterocycles. The van der Waals surface area contributed by atoms with Gasteiger partial charge >= 0.3 is 0 Å². The highest BCUT2D eigenvalue weighted by Crippen LogP contribution is 2.36. The maximum absolute atomic E-state index is 11.9. The second-order valence-electron chi connectivity index (χ2n) is 5.81. The molecule has 0 fully saturated rings. The summed E-state index contributed by atoms with van der Waals surface area (Å²) in [5.74, 6) is -0.332. The number of nitrogens with two attached hydrogens (primary N) is 2. The molecule has 0 atom stereocenters. The lowest BCUT2D eigenvalue weighted by atomic mass is 10.0. The predicted molar refractivity (Wildman–Crippen MR) is 107 cm³/mol. The smallest absolute Gasteiger partial charge is 0.252 e. The highest BCUT2D eigenvalue weighted by molar-refractivity contribution is 6.33. The van der Waals surface area contributed by atoms with Crippen LogP contribution in [0.15, 0.2) is 64.9 Å². The molecule has 2 aromatic rings. The first-order valence-corrected chi connectivity index (χ1v) is 8.38. The summed E-state index contributed by atoms with van der Waals surface area (Å²) in [6.45, 7) is 6.91. The van der Waals surface area contributed by atoms with Gasteiger partial charge in [-0.05, 0) is 43.0 Å². The van der Waals surface area contributed by atoms with Crippen molar-refractivity contribution in [2.45, 2.75) is 13.8 Å². The fourth-order valence-electron chi connectivity index (χ4n) is 2.46. The van der Waals surface area contributed by atoms with Crippen LogP contribution in [0.5, 0.6) is 0 Å². The van der Waals surface area contributed by atoms with E-state index in [1.807, 2.05) is 0 Å². The Morgan fingerprint density at radius 3 is 2.48 bits per heavy atom. The molecule has 5 N–H and O–H groups in total. The summed E-state index contributed by atoms with van der Waals surface area (Å²) in [7, 11) is 0. The zero-order chi connectivity index (χ0) is 20.1. The Balaban J connectivity index is 2.65. The summed E-state index contributed by atoms with van der Waals surface area (Å²) in [6, 6.07) is 8.46. The Morgan fingerprint density at radius 2 is 1.93 bits per heavy atom. The fraction of sp³-hybridized carbons (Fsp3) is 0.100. The Labute approximate surface area is 162 Å². The van der Waals surface area contributed by atoms with Crippen LogP contribution < -0.4 is 16.8 Å². The van der Waals surface area contributed by atoms with Crippen LogP contribution in [0.1, 0.15) is 30.0 Å². The third-order valence-corrected chi connectivity index (χ3v) is 4.04. The van der Waals surface area contributed by atoms with E-state index in [4.69, 9.17) is 27.5 Å². The van der Waals surface area contributed by atoms with E-state index >= 15 is 0 Å². The van der Waals surface area contributed by atoms with Crippen molar-refractivity contribution in [3.8, 4) is 11.3 Å². The summed E-state index contributed by atoms with van der Waals surface area (Å²) in [6.07, 6.45) is 2.98. The van der Waals surface area contributed by atoms with Gasteiger partial charge in [0.1, 0.15) is 11.5 Å². The molecule has 1 aromatic heterocycles. The number of carbonyl (C=O) groups is 2. The molecule has 0 spiro atoms. The van der Waals surface area contributed by atoms with Gasteiger partial charge in [-0.2, -0.15) is 0 Å². The van der Waals surface area contributed by atoms with Gasteiger partial charge in [0.2, 0.25) is 5.91 Å². The van der Waals surface area contributed by atoms with Crippen LogP contribution in [-0.4, -0.2) is 11.8 Å². The normalized spacial score (nSPS) is 12.0. The molecule has 0 saturated carbocycles. The molecular weight excluding hydrogens is 366 g/mol. The minimum atomic E-state index is -0.658. The minimum absolute atomic E-state index is 0.180. The zero-order valence-electron chi connectivity index (χ0n) is 15.0. The largest absolute Gasteiger partial charge is 0.455 e. The number of carbonyl (C=O) groups excluding carboxylic acids is 2. The molecule has 6 nitrogen and oxygen atoms in total. The highest BCUT2D eigenvalue weighted by atomic mass is 35.5. The van der Waals surface area contributed by atoms with Crippen molar-refractivity contribution in [1.82, 2.24) is 5.32 Å². The Hall–Kier alpha value is -3.25. The lowest BCUT2D eigenvalue weighted by Crippen LogP contribution is -2.17. The Morgan fingerprint density at radius 1 is 1.26 bits per heavy atom. The van der Waals surface area contributed by atoms with Crippen molar-refractivity contribution < 1.29 is 14.0 Å². The van der Waals surface area contributed by atoms with E-state index in [1.54, 1.807) is 37.3 Å². The number of hydrogen-bond donors (Lipinski definition) is 3. The van der Waals surface area contributed by atoms with Crippen LogP contribution in [0.25, 0.3) is 16.9 Å². The molecule has 0 saturated heterocycles. The molecular formula is C20H20ClN3O3. The maximum atomic E-state index is 11.9. The molecule has 7 heteroatoms. The minimum Gasteiger partial charge on any atom is -0.455 e. The Bertz CT molecular complexity index is 971.